The second kappa shape index (κ2) is 3.49. The zero-order chi connectivity index (χ0) is 11.2. The zero-order valence-corrected chi connectivity index (χ0v) is 10.4. The molecule has 0 aliphatic carbocycles. The number of rotatable bonds is 1. The van der Waals surface area contributed by atoms with Gasteiger partial charge < -0.3 is 4.42 Å². The molecule has 0 radical (unpaired) electrons. The van der Waals surface area contributed by atoms with Gasteiger partial charge in [0.15, 0.2) is 5.78 Å². The molecule has 0 atom stereocenters. The number of halogens is 1. The minimum atomic E-state index is 0.0661. The van der Waals surface area contributed by atoms with Crippen molar-refractivity contribution < 1.29 is 9.21 Å². The van der Waals surface area contributed by atoms with Crippen LogP contribution in [0.3, 0.4) is 0 Å². The third kappa shape index (κ3) is 1.51. The standard InChI is InChI=1S/C12H11BrO2/c1-6-8(3)15-12-10(13)5-4-9(7(2)14)11(6)12/h4-5H,1-3H3. The van der Waals surface area contributed by atoms with E-state index in [-0.39, 0.29) is 5.78 Å². The number of carbonyl (C=O) groups is 1. The van der Waals surface area contributed by atoms with Crippen LogP contribution in [-0.4, -0.2) is 5.78 Å². The summed E-state index contributed by atoms with van der Waals surface area (Å²) in [7, 11) is 0. The number of furan rings is 1. The molecule has 15 heavy (non-hydrogen) atoms. The van der Waals surface area contributed by atoms with Crippen LogP contribution in [0.1, 0.15) is 28.6 Å². The van der Waals surface area contributed by atoms with Gasteiger partial charge in [0, 0.05) is 10.9 Å². The molecule has 0 fully saturated rings. The summed E-state index contributed by atoms with van der Waals surface area (Å²) in [6.45, 7) is 5.45. The lowest BCUT2D eigenvalue weighted by molar-refractivity contribution is 0.101. The van der Waals surface area contributed by atoms with Crippen molar-refractivity contribution in [1.29, 1.82) is 0 Å². The van der Waals surface area contributed by atoms with Crippen LogP contribution in [0, 0.1) is 13.8 Å². The summed E-state index contributed by atoms with van der Waals surface area (Å²) in [6.07, 6.45) is 0. The van der Waals surface area contributed by atoms with Crippen molar-refractivity contribution in [2.24, 2.45) is 0 Å². The van der Waals surface area contributed by atoms with Crippen molar-refractivity contribution in [3.8, 4) is 0 Å². The molecule has 0 unspecified atom stereocenters. The van der Waals surface area contributed by atoms with Crippen molar-refractivity contribution in [2.75, 3.05) is 0 Å². The number of aryl methyl sites for hydroxylation is 2. The lowest BCUT2D eigenvalue weighted by Gasteiger charge is -2.00. The number of benzene rings is 1. The van der Waals surface area contributed by atoms with Crippen molar-refractivity contribution in [1.82, 2.24) is 0 Å². The highest BCUT2D eigenvalue weighted by Crippen LogP contribution is 2.33. The lowest BCUT2D eigenvalue weighted by Crippen LogP contribution is -1.93. The average molecular weight is 267 g/mol. The summed E-state index contributed by atoms with van der Waals surface area (Å²) in [4.78, 5) is 11.5. The Kier molecular flexibility index (Phi) is 2.43. The molecule has 0 bridgehead atoms. The van der Waals surface area contributed by atoms with Crippen molar-refractivity contribution in [2.45, 2.75) is 20.8 Å². The lowest BCUT2D eigenvalue weighted by atomic mass is 10.0. The molecule has 0 saturated heterocycles. The number of Topliss-reactive ketones (excluding diaryl/α,β-unsaturated/α-hetero) is 1. The molecule has 1 aromatic carbocycles. The minimum Gasteiger partial charge on any atom is -0.460 e. The van der Waals surface area contributed by atoms with Crippen LogP contribution in [0.15, 0.2) is 21.0 Å². The largest absolute Gasteiger partial charge is 0.460 e. The predicted molar refractivity (Wildman–Crippen MR) is 63.4 cm³/mol. The van der Waals surface area contributed by atoms with E-state index >= 15 is 0 Å². The van der Waals surface area contributed by atoms with E-state index in [9.17, 15) is 4.79 Å². The van der Waals surface area contributed by atoms with Gasteiger partial charge in [0.05, 0.1) is 4.47 Å². The first-order valence-electron chi connectivity index (χ1n) is 4.71. The summed E-state index contributed by atoms with van der Waals surface area (Å²) >= 11 is 3.42. The fourth-order valence-corrected chi connectivity index (χ4v) is 2.14. The number of fused-ring (bicyclic) bond motifs is 1. The maximum Gasteiger partial charge on any atom is 0.160 e. The summed E-state index contributed by atoms with van der Waals surface area (Å²) in [6, 6.07) is 3.68. The van der Waals surface area contributed by atoms with Crippen LogP contribution in [0.5, 0.6) is 0 Å². The molecule has 0 aliphatic rings. The highest BCUT2D eigenvalue weighted by atomic mass is 79.9. The SMILES string of the molecule is CC(=O)c1ccc(Br)c2oc(C)c(C)c12. The van der Waals surface area contributed by atoms with Crippen molar-refractivity contribution in [3.05, 3.63) is 33.5 Å². The Morgan fingerprint density at radius 3 is 2.60 bits per heavy atom. The van der Waals surface area contributed by atoms with E-state index in [1.165, 1.54) is 0 Å². The van der Waals surface area contributed by atoms with Gasteiger partial charge in [-0.15, -0.1) is 0 Å². The Labute approximate surface area is 96.4 Å². The van der Waals surface area contributed by atoms with Gasteiger partial charge in [-0.1, -0.05) is 0 Å². The van der Waals surface area contributed by atoms with E-state index in [1.807, 2.05) is 26.0 Å². The summed E-state index contributed by atoms with van der Waals surface area (Å²) < 4.78 is 6.51. The second-order valence-electron chi connectivity index (χ2n) is 3.64. The molecule has 0 aliphatic heterocycles. The number of ketones is 1. The molecule has 2 rings (SSSR count). The summed E-state index contributed by atoms with van der Waals surface area (Å²) in [5.41, 5.74) is 2.52. The molecule has 3 heteroatoms. The van der Waals surface area contributed by atoms with Crippen LogP contribution in [0.4, 0.5) is 0 Å². The highest BCUT2D eigenvalue weighted by molar-refractivity contribution is 9.10. The third-order valence-corrected chi connectivity index (χ3v) is 3.27. The predicted octanol–water partition coefficient (Wildman–Crippen LogP) is 4.01. The molecular formula is C12H11BrO2. The molecule has 78 valence electrons. The third-order valence-electron chi connectivity index (χ3n) is 2.65. The van der Waals surface area contributed by atoms with Gasteiger partial charge >= 0.3 is 0 Å². The Morgan fingerprint density at radius 2 is 2.00 bits per heavy atom. The van der Waals surface area contributed by atoms with E-state index in [2.05, 4.69) is 15.9 Å². The molecule has 1 aromatic heterocycles. The first-order valence-corrected chi connectivity index (χ1v) is 5.51. The molecule has 0 N–H and O–H groups in total. The van der Waals surface area contributed by atoms with Gasteiger partial charge in [-0.2, -0.15) is 0 Å². The van der Waals surface area contributed by atoms with E-state index in [1.54, 1.807) is 6.92 Å². The van der Waals surface area contributed by atoms with E-state index in [0.717, 1.165) is 32.3 Å². The second-order valence-corrected chi connectivity index (χ2v) is 4.49. The van der Waals surface area contributed by atoms with Gasteiger partial charge in [-0.05, 0) is 54.4 Å². The Bertz CT molecular complexity index is 552. The molecule has 1 heterocycles. The van der Waals surface area contributed by atoms with Crippen LogP contribution >= 0.6 is 15.9 Å². The number of carbonyl (C=O) groups excluding carboxylic acids is 1. The molecule has 0 saturated carbocycles. The van der Waals surface area contributed by atoms with Crippen LogP contribution in [-0.2, 0) is 0 Å². The Morgan fingerprint density at radius 1 is 1.33 bits per heavy atom. The fraction of sp³-hybridized carbons (Fsp3) is 0.250. The van der Waals surface area contributed by atoms with Crippen LogP contribution in [0.25, 0.3) is 11.0 Å². The maximum atomic E-state index is 11.5. The van der Waals surface area contributed by atoms with Crippen molar-refractivity contribution in [3.63, 3.8) is 0 Å². The smallest absolute Gasteiger partial charge is 0.160 e. The van der Waals surface area contributed by atoms with Crippen molar-refractivity contribution >= 4 is 32.7 Å². The Balaban J connectivity index is 2.96. The van der Waals surface area contributed by atoms with Gasteiger partial charge in [0.25, 0.3) is 0 Å². The molecular weight excluding hydrogens is 256 g/mol. The van der Waals surface area contributed by atoms with Gasteiger partial charge in [0.2, 0.25) is 0 Å². The normalized spacial score (nSPS) is 10.9. The molecule has 0 spiro atoms. The molecule has 2 nitrogen and oxygen atoms in total. The average Bonchev–Trinajstić information content (AvgIpc) is 2.46. The minimum absolute atomic E-state index is 0.0661. The van der Waals surface area contributed by atoms with E-state index in [4.69, 9.17) is 4.42 Å². The molecule has 2 aromatic rings. The molecule has 0 amide bonds. The zero-order valence-electron chi connectivity index (χ0n) is 8.85. The monoisotopic (exact) mass is 266 g/mol. The number of hydrogen-bond acceptors (Lipinski definition) is 2. The fourth-order valence-electron chi connectivity index (χ4n) is 1.73. The van der Waals surface area contributed by atoms with Crippen LogP contribution in [0.2, 0.25) is 0 Å². The van der Waals surface area contributed by atoms with E-state index in [0.29, 0.717) is 0 Å². The summed E-state index contributed by atoms with van der Waals surface area (Å²) in [5, 5.41) is 0.925. The summed E-state index contributed by atoms with van der Waals surface area (Å²) in [5.74, 6) is 0.927. The number of hydrogen-bond donors (Lipinski definition) is 0. The van der Waals surface area contributed by atoms with Gasteiger partial charge in [0.1, 0.15) is 11.3 Å². The van der Waals surface area contributed by atoms with Crippen LogP contribution < -0.4 is 0 Å². The van der Waals surface area contributed by atoms with Gasteiger partial charge in [-0.3, -0.25) is 4.79 Å². The first kappa shape index (κ1) is 10.4. The van der Waals surface area contributed by atoms with E-state index < -0.39 is 0 Å². The quantitative estimate of drug-likeness (QED) is 0.730. The Hall–Kier alpha value is -1.09. The first-order chi connectivity index (χ1) is 7.02. The highest BCUT2D eigenvalue weighted by Gasteiger charge is 2.15. The maximum absolute atomic E-state index is 11.5. The van der Waals surface area contributed by atoms with Gasteiger partial charge in [-0.25, -0.2) is 0 Å². The topological polar surface area (TPSA) is 30.2 Å².